The lowest BCUT2D eigenvalue weighted by Crippen LogP contribution is -1.77. The van der Waals surface area contributed by atoms with Crippen LogP contribution in [0.5, 0.6) is 0 Å². The van der Waals surface area contributed by atoms with Crippen molar-refractivity contribution in [1.82, 2.24) is 0 Å². The summed E-state index contributed by atoms with van der Waals surface area (Å²) in [5.41, 5.74) is 8.16. The first-order chi connectivity index (χ1) is 5.70. The van der Waals surface area contributed by atoms with Gasteiger partial charge in [0, 0.05) is 0 Å². The van der Waals surface area contributed by atoms with Gasteiger partial charge in [0.25, 0.3) is 0 Å². The van der Waals surface area contributed by atoms with Crippen LogP contribution in [0.25, 0.3) is 5.57 Å². The summed E-state index contributed by atoms with van der Waals surface area (Å²) in [6.45, 7) is 7.98. The highest BCUT2D eigenvalue weighted by molar-refractivity contribution is 5.61. The van der Waals surface area contributed by atoms with Gasteiger partial charge < -0.3 is 5.73 Å². The number of benzene rings is 1. The zero-order chi connectivity index (χ0) is 9.56. The van der Waals surface area contributed by atoms with Gasteiger partial charge in [0.1, 0.15) is 0 Å². The molecule has 0 bridgehead atoms. The molecule has 1 heteroatoms. The van der Waals surface area contributed by atoms with Crippen LogP contribution in [0.2, 0.25) is 0 Å². The van der Waals surface area contributed by atoms with E-state index in [1.807, 2.05) is 6.92 Å². The van der Waals surface area contributed by atoms with E-state index in [4.69, 9.17) is 0 Å². The van der Waals surface area contributed by atoms with E-state index in [-0.39, 0.29) is 0 Å². The SMILES string of the molecule is C=C(C)c1cccc(C)c1.CN. The second-order valence-corrected chi connectivity index (χ2v) is 2.65. The molecule has 0 radical (unpaired) electrons. The van der Waals surface area contributed by atoms with Crippen LogP contribution in [-0.2, 0) is 0 Å². The molecule has 66 valence electrons. The summed E-state index contributed by atoms with van der Waals surface area (Å²) in [5.74, 6) is 0. The van der Waals surface area contributed by atoms with Crippen molar-refractivity contribution in [1.29, 1.82) is 0 Å². The van der Waals surface area contributed by atoms with E-state index in [0.717, 1.165) is 5.57 Å². The normalized spacial score (nSPS) is 8.33. The zero-order valence-electron chi connectivity index (χ0n) is 8.09. The van der Waals surface area contributed by atoms with Crippen molar-refractivity contribution in [3.8, 4) is 0 Å². The van der Waals surface area contributed by atoms with Gasteiger partial charge in [-0.2, -0.15) is 0 Å². The third-order valence-corrected chi connectivity index (χ3v) is 1.51. The highest BCUT2D eigenvalue weighted by Gasteiger charge is 1.90. The topological polar surface area (TPSA) is 26.0 Å². The minimum atomic E-state index is 1.13. The molecule has 0 fully saturated rings. The largest absolute Gasteiger partial charge is 0.333 e. The summed E-state index contributed by atoms with van der Waals surface area (Å²) >= 11 is 0. The fourth-order valence-electron chi connectivity index (χ4n) is 0.911. The summed E-state index contributed by atoms with van der Waals surface area (Å²) < 4.78 is 0. The molecule has 1 aromatic carbocycles. The lowest BCUT2D eigenvalue weighted by atomic mass is 10.1. The van der Waals surface area contributed by atoms with Crippen LogP contribution in [0.1, 0.15) is 18.1 Å². The Morgan fingerprint density at radius 2 is 1.92 bits per heavy atom. The molecule has 1 aromatic rings. The van der Waals surface area contributed by atoms with Crippen molar-refractivity contribution >= 4 is 5.57 Å². The molecular formula is C11H17N. The standard InChI is InChI=1S/C10H12.CH5N/c1-8(2)10-6-4-5-9(3)7-10;1-2/h4-7H,1H2,2-3H3;2H2,1H3. The molecule has 0 aliphatic heterocycles. The molecule has 1 rings (SSSR count). The number of hydrogen-bond acceptors (Lipinski definition) is 1. The molecule has 2 N–H and O–H groups in total. The molecule has 0 saturated carbocycles. The Morgan fingerprint density at radius 1 is 1.33 bits per heavy atom. The third-order valence-electron chi connectivity index (χ3n) is 1.51. The van der Waals surface area contributed by atoms with E-state index in [1.54, 1.807) is 0 Å². The van der Waals surface area contributed by atoms with Crippen molar-refractivity contribution in [3.63, 3.8) is 0 Å². The van der Waals surface area contributed by atoms with Crippen molar-refractivity contribution < 1.29 is 0 Å². The number of hydrogen-bond donors (Lipinski definition) is 1. The highest BCUT2D eigenvalue weighted by Crippen LogP contribution is 2.11. The quantitative estimate of drug-likeness (QED) is 0.676. The first-order valence-electron chi connectivity index (χ1n) is 4.00. The number of aryl methyl sites for hydroxylation is 1. The van der Waals surface area contributed by atoms with Gasteiger partial charge in [0.15, 0.2) is 0 Å². The minimum absolute atomic E-state index is 1.13. The predicted molar refractivity (Wildman–Crippen MR) is 56.0 cm³/mol. The van der Waals surface area contributed by atoms with E-state index in [0.29, 0.717) is 0 Å². The second-order valence-electron chi connectivity index (χ2n) is 2.65. The van der Waals surface area contributed by atoms with Crippen molar-refractivity contribution in [2.75, 3.05) is 7.05 Å². The first kappa shape index (κ1) is 10.9. The van der Waals surface area contributed by atoms with Gasteiger partial charge >= 0.3 is 0 Å². The second kappa shape index (κ2) is 5.56. The van der Waals surface area contributed by atoms with Crippen LogP contribution < -0.4 is 5.73 Å². The van der Waals surface area contributed by atoms with Gasteiger partial charge in [-0.05, 0) is 26.5 Å². The van der Waals surface area contributed by atoms with E-state index in [2.05, 4.69) is 43.5 Å². The van der Waals surface area contributed by atoms with Gasteiger partial charge in [0.2, 0.25) is 0 Å². The van der Waals surface area contributed by atoms with Crippen LogP contribution >= 0.6 is 0 Å². The Hall–Kier alpha value is -1.08. The highest BCUT2D eigenvalue weighted by atomic mass is 14.4. The number of rotatable bonds is 1. The molecule has 0 amide bonds. The monoisotopic (exact) mass is 163 g/mol. The van der Waals surface area contributed by atoms with Crippen LogP contribution in [0.3, 0.4) is 0 Å². The Balaban J connectivity index is 0.000000561. The summed E-state index contributed by atoms with van der Waals surface area (Å²) in [4.78, 5) is 0. The summed E-state index contributed by atoms with van der Waals surface area (Å²) in [6, 6.07) is 8.36. The minimum Gasteiger partial charge on any atom is -0.333 e. The average Bonchev–Trinajstić information content (AvgIpc) is 2.08. The number of allylic oxidation sites excluding steroid dienone is 1. The van der Waals surface area contributed by atoms with Crippen LogP contribution in [0.4, 0.5) is 0 Å². The molecule has 0 aromatic heterocycles. The van der Waals surface area contributed by atoms with Crippen LogP contribution in [0, 0.1) is 6.92 Å². The van der Waals surface area contributed by atoms with Gasteiger partial charge in [-0.1, -0.05) is 42.0 Å². The van der Waals surface area contributed by atoms with Gasteiger partial charge in [-0.15, -0.1) is 0 Å². The molecule has 0 aliphatic rings. The Morgan fingerprint density at radius 3 is 2.25 bits per heavy atom. The fraction of sp³-hybridized carbons (Fsp3) is 0.273. The maximum atomic E-state index is 4.50. The van der Waals surface area contributed by atoms with Gasteiger partial charge in [-0.25, -0.2) is 0 Å². The number of nitrogens with two attached hydrogens (primary N) is 1. The lowest BCUT2D eigenvalue weighted by Gasteiger charge is -1.98. The molecule has 12 heavy (non-hydrogen) atoms. The Bertz CT molecular complexity index is 251. The summed E-state index contributed by atoms with van der Waals surface area (Å²) in [5, 5.41) is 0. The van der Waals surface area contributed by atoms with Crippen molar-refractivity contribution in [2.45, 2.75) is 13.8 Å². The third kappa shape index (κ3) is 3.35. The van der Waals surface area contributed by atoms with Crippen LogP contribution in [-0.4, -0.2) is 7.05 Å². The van der Waals surface area contributed by atoms with Crippen molar-refractivity contribution in [2.24, 2.45) is 5.73 Å². The maximum absolute atomic E-state index is 4.50. The molecule has 0 heterocycles. The first-order valence-corrected chi connectivity index (χ1v) is 4.00. The molecular weight excluding hydrogens is 146 g/mol. The molecule has 0 atom stereocenters. The zero-order valence-corrected chi connectivity index (χ0v) is 8.09. The Labute approximate surface area is 74.9 Å². The lowest BCUT2D eigenvalue weighted by molar-refractivity contribution is 1.44. The van der Waals surface area contributed by atoms with E-state index in [1.165, 1.54) is 18.2 Å². The summed E-state index contributed by atoms with van der Waals surface area (Å²) in [6.07, 6.45) is 0. The molecule has 0 saturated heterocycles. The Kier molecular flexibility index (Phi) is 5.06. The van der Waals surface area contributed by atoms with Crippen molar-refractivity contribution in [3.05, 3.63) is 42.0 Å². The summed E-state index contributed by atoms with van der Waals surface area (Å²) in [7, 11) is 1.50. The van der Waals surface area contributed by atoms with E-state index in [9.17, 15) is 0 Å². The van der Waals surface area contributed by atoms with Gasteiger partial charge in [-0.3, -0.25) is 0 Å². The smallest absolute Gasteiger partial charge is 0.0195 e. The molecule has 0 unspecified atom stereocenters. The average molecular weight is 163 g/mol. The molecule has 1 nitrogen and oxygen atoms in total. The molecule has 0 spiro atoms. The maximum Gasteiger partial charge on any atom is -0.0195 e. The fourth-order valence-corrected chi connectivity index (χ4v) is 0.911. The van der Waals surface area contributed by atoms with E-state index < -0.39 is 0 Å². The molecule has 0 aliphatic carbocycles. The van der Waals surface area contributed by atoms with E-state index >= 15 is 0 Å². The van der Waals surface area contributed by atoms with Gasteiger partial charge in [0.05, 0.1) is 0 Å². The predicted octanol–water partition coefficient (Wildman–Crippen LogP) is 2.60. The van der Waals surface area contributed by atoms with Crippen LogP contribution in [0.15, 0.2) is 30.8 Å².